The van der Waals surface area contributed by atoms with E-state index in [-0.39, 0.29) is 25.4 Å². The van der Waals surface area contributed by atoms with Gasteiger partial charge in [-0.1, -0.05) is 12.1 Å². The number of hydrogen-bond donors (Lipinski definition) is 2. The van der Waals surface area contributed by atoms with Gasteiger partial charge in [-0.2, -0.15) is 0 Å². The lowest BCUT2D eigenvalue weighted by Crippen LogP contribution is -2.57. The minimum atomic E-state index is -0.948. The number of ether oxygens (including phenoxy) is 2. The predicted octanol–water partition coefficient (Wildman–Crippen LogP) is 2.26. The fourth-order valence-electron chi connectivity index (χ4n) is 4.23. The minimum Gasteiger partial charge on any atom is -0.490 e. The zero-order valence-electron chi connectivity index (χ0n) is 14.1. The van der Waals surface area contributed by atoms with E-state index in [9.17, 15) is 14.7 Å². The molecule has 1 aromatic carbocycles. The van der Waals surface area contributed by atoms with Crippen molar-refractivity contribution in [1.29, 1.82) is 0 Å². The summed E-state index contributed by atoms with van der Waals surface area (Å²) in [4.78, 5) is 23.7. The normalized spacial score (nSPS) is 30.7. The average molecular weight is 345 g/mol. The van der Waals surface area contributed by atoms with Crippen LogP contribution in [0.5, 0.6) is 5.75 Å². The van der Waals surface area contributed by atoms with E-state index < -0.39 is 17.0 Å². The van der Waals surface area contributed by atoms with Gasteiger partial charge in [0.25, 0.3) is 5.91 Å². The van der Waals surface area contributed by atoms with Crippen LogP contribution < -0.4 is 10.1 Å². The van der Waals surface area contributed by atoms with Gasteiger partial charge in [-0.25, -0.2) is 0 Å². The fourth-order valence-corrected chi connectivity index (χ4v) is 4.23. The maximum atomic E-state index is 12.4. The van der Waals surface area contributed by atoms with Crippen LogP contribution in [0.2, 0.25) is 0 Å². The Bertz CT molecular complexity index is 689. The van der Waals surface area contributed by atoms with E-state index in [1.165, 1.54) is 12.8 Å². The smallest absolute Gasteiger partial charge is 0.312 e. The van der Waals surface area contributed by atoms with E-state index >= 15 is 0 Å². The van der Waals surface area contributed by atoms with Crippen LogP contribution in [-0.2, 0) is 20.9 Å². The number of benzene rings is 1. The highest BCUT2D eigenvalue weighted by Gasteiger charge is 2.70. The molecule has 25 heavy (non-hydrogen) atoms. The first-order valence-electron chi connectivity index (χ1n) is 8.93. The topological polar surface area (TPSA) is 84.9 Å². The molecule has 134 valence electrons. The second-order valence-electron chi connectivity index (χ2n) is 7.58. The first-order chi connectivity index (χ1) is 12.0. The lowest BCUT2D eigenvalue weighted by atomic mass is 9.62. The Hall–Kier alpha value is -2.08. The summed E-state index contributed by atoms with van der Waals surface area (Å²) >= 11 is 0. The molecule has 0 aromatic heterocycles. The Balaban J connectivity index is 1.33. The van der Waals surface area contributed by atoms with Gasteiger partial charge in [-0.3, -0.25) is 9.59 Å². The highest BCUT2D eigenvalue weighted by Crippen LogP contribution is 2.58. The monoisotopic (exact) mass is 345 g/mol. The van der Waals surface area contributed by atoms with Crippen LogP contribution in [0.3, 0.4) is 0 Å². The molecular formula is C19H23NO5. The quantitative estimate of drug-likeness (QED) is 0.826. The molecule has 6 heteroatoms. The summed E-state index contributed by atoms with van der Waals surface area (Å²) in [6.07, 6.45) is 5.49. The lowest BCUT2D eigenvalue weighted by molar-refractivity contribution is -0.158. The maximum absolute atomic E-state index is 12.4. The maximum Gasteiger partial charge on any atom is 0.312 e. The standard InChI is InChI=1S/C19H23NO5/c21-16(19-10-18(11-19,12-24-19)17(22)23)20-9-13-4-3-7-15(8-13)25-14-5-1-2-6-14/h3-4,7-8,14H,1-2,5-6,9-12H2,(H,20,21)(H,22,23). The number of hydrogen-bond acceptors (Lipinski definition) is 4. The molecule has 1 amide bonds. The summed E-state index contributed by atoms with van der Waals surface area (Å²) in [5.74, 6) is -0.253. The van der Waals surface area contributed by atoms with Crippen LogP contribution in [0.4, 0.5) is 0 Å². The molecule has 0 unspecified atom stereocenters. The highest BCUT2D eigenvalue weighted by atomic mass is 16.5. The summed E-state index contributed by atoms with van der Waals surface area (Å²) < 4.78 is 11.5. The van der Waals surface area contributed by atoms with Gasteiger partial charge in [-0.15, -0.1) is 0 Å². The van der Waals surface area contributed by atoms with Gasteiger partial charge in [0.2, 0.25) is 0 Å². The van der Waals surface area contributed by atoms with Gasteiger partial charge >= 0.3 is 5.97 Å². The Morgan fingerprint density at radius 2 is 2.04 bits per heavy atom. The molecule has 2 aliphatic heterocycles. The Morgan fingerprint density at radius 3 is 2.72 bits per heavy atom. The van der Waals surface area contributed by atoms with E-state index in [1.54, 1.807) is 0 Å². The number of carboxylic acids is 1. The average Bonchev–Trinajstić information content (AvgIpc) is 3.27. The molecular weight excluding hydrogens is 322 g/mol. The molecule has 4 fully saturated rings. The van der Waals surface area contributed by atoms with Gasteiger partial charge in [0.15, 0.2) is 0 Å². The number of rotatable bonds is 6. The van der Waals surface area contributed by atoms with Crippen molar-refractivity contribution >= 4 is 11.9 Å². The number of carbonyl (C=O) groups is 2. The first-order valence-corrected chi connectivity index (χ1v) is 8.93. The van der Waals surface area contributed by atoms with E-state index in [4.69, 9.17) is 9.47 Å². The van der Waals surface area contributed by atoms with Crippen LogP contribution >= 0.6 is 0 Å². The summed E-state index contributed by atoms with van der Waals surface area (Å²) in [5.41, 5.74) is -0.843. The third-order valence-electron chi connectivity index (χ3n) is 5.70. The van der Waals surface area contributed by atoms with Crippen LogP contribution in [0.1, 0.15) is 44.1 Å². The van der Waals surface area contributed by atoms with Crippen molar-refractivity contribution in [3.8, 4) is 5.75 Å². The number of amides is 1. The van der Waals surface area contributed by atoms with E-state index in [1.807, 2.05) is 24.3 Å². The van der Waals surface area contributed by atoms with Gasteiger partial charge in [-0.05, 0) is 43.4 Å². The molecule has 2 aliphatic carbocycles. The number of nitrogens with one attached hydrogen (secondary N) is 1. The first kappa shape index (κ1) is 16.4. The van der Waals surface area contributed by atoms with Crippen molar-refractivity contribution in [2.24, 2.45) is 5.41 Å². The molecule has 5 rings (SSSR count). The summed E-state index contributed by atoms with van der Waals surface area (Å²) in [6.45, 7) is 0.506. The van der Waals surface area contributed by atoms with Crippen molar-refractivity contribution in [1.82, 2.24) is 5.32 Å². The third kappa shape index (κ3) is 2.88. The molecule has 2 N–H and O–H groups in total. The van der Waals surface area contributed by atoms with Crippen molar-refractivity contribution in [3.05, 3.63) is 29.8 Å². The molecule has 2 heterocycles. The number of carboxylic acid groups (broad SMARTS) is 1. The highest BCUT2D eigenvalue weighted by molar-refractivity contribution is 5.92. The third-order valence-corrected chi connectivity index (χ3v) is 5.70. The Kier molecular flexibility index (Phi) is 3.95. The largest absolute Gasteiger partial charge is 0.490 e. The SMILES string of the molecule is O=C(O)C12COC(C(=O)NCc3cccc(OC4CCCC4)c3)(C1)C2. The van der Waals surface area contributed by atoms with E-state index in [0.29, 0.717) is 12.6 Å². The molecule has 2 bridgehead atoms. The van der Waals surface area contributed by atoms with Crippen LogP contribution in [0, 0.1) is 5.41 Å². The zero-order chi connectivity index (χ0) is 17.5. The number of carbonyl (C=O) groups excluding carboxylic acids is 1. The van der Waals surface area contributed by atoms with Crippen LogP contribution in [0.25, 0.3) is 0 Å². The molecule has 4 aliphatic rings. The molecule has 2 saturated heterocycles. The molecule has 1 aromatic rings. The molecule has 0 spiro atoms. The van der Waals surface area contributed by atoms with Gasteiger partial charge in [0, 0.05) is 19.4 Å². The van der Waals surface area contributed by atoms with Crippen LogP contribution in [-0.4, -0.2) is 35.3 Å². The molecule has 6 nitrogen and oxygen atoms in total. The molecule has 2 saturated carbocycles. The summed E-state index contributed by atoms with van der Waals surface area (Å²) in [6, 6.07) is 7.76. The summed E-state index contributed by atoms with van der Waals surface area (Å²) in [7, 11) is 0. The van der Waals surface area contributed by atoms with Gasteiger partial charge < -0.3 is 19.9 Å². The van der Waals surface area contributed by atoms with E-state index in [2.05, 4.69) is 5.32 Å². The Labute approximate surface area is 146 Å². The van der Waals surface area contributed by atoms with Crippen molar-refractivity contribution in [2.45, 2.75) is 56.8 Å². The molecule has 0 atom stereocenters. The molecule has 0 radical (unpaired) electrons. The van der Waals surface area contributed by atoms with Crippen molar-refractivity contribution in [3.63, 3.8) is 0 Å². The van der Waals surface area contributed by atoms with Gasteiger partial charge in [0.05, 0.1) is 18.1 Å². The second kappa shape index (κ2) is 6.02. The van der Waals surface area contributed by atoms with E-state index in [0.717, 1.165) is 24.2 Å². The van der Waals surface area contributed by atoms with Crippen LogP contribution in [0.15, 0.2) is 24.3 Å². The number of fused-ring (bicyclic) bond motifs is 1. The fraction of sp³-hybridized carbons (Fsp3) is 0.579. The van der Waals surface area contributed by atoms with Crippen molar-refractivity contribution < 1.29 is 24.2 Å². The summed E-state index contributed by atoms with van der Waals surface area (Å²) in [5, 5.41) is 12.1. The second-order valence-corrected chi connectivity index (χ2v) is 7.58. The lowest BCUT2D eigenvalue weighted by Gasteiger charge is -2.40. The minimum absolute atomic E-state index is 0.125. The number of aliphatic carboxylic acids is 1. The predicted molar refractivity (Wildman–Crippen MR) is 89.2 cm³/mol. The van der Waals surface area contributed by atoms with Crippen molar-refractivity contribution in [2.75, 3.05) is 6.61 Å². The Morgan fingerprint density at radius 1 is 1.28 bits per heavy atom. The zero-order valence-corrected chi connectivity index (χ0v) is 14.1. The van der Waals surface area contributed by atoms with Gasteiger partial charge in [0.1, 0.15) is 11.4 Å².